The highest BCUT2D eigenvalue weighted by Crippen LogP contribution is 2.23. The molecule has 1 amide bonds. The van der Waals surface area contributed by atoms with Gasteiger partial charge in [0.1, 0.15) is 5.82 Å². The Hall–Kier alpha value is -1.49. The van der Waals surface area contributed by atoms with Crippen molar-refractivity contribution in [1.82, 2.24) is 4.90 Å². The second kappa shape index (κ2) is 3.58. The lowest BCUT2D eigenvalue weighted by Crippen LogP contribution is -2.31. The van der Waals surface area contributed by atoms with Gasteiger partial charge in [0.15, 0.2) is 5.11 Å². The normalized spacial score (nSPS) is 16.4. The number of para-hydroxylation sites is 1. The summed E-state index contributed by atoms with van der Waals surface area (Å²) in [6.07, 6.45) is 0. The Labute approximate surface area is 92.1 Å². The van der Waals surface area contributed by atoms with Crippen LogP contribution in [0.4, 0.5) is 10.1 Å². The van der Waals surface area contributed by atoms with Gasteiger partial charge in [-0.25, -0.2) is 4.39 Å². The van der Waals surface area contributed by atoms with Crippen LogP contribution in [0.2, 0.25) is 0 Å². The van der Waals surface area contributed by atoms with Gasteiger partial charge in [0.05, 0.1) is 12.2 Å². The minimum atomic E-state index is -0.441. The summed E-state index contributed by atoms with van der Waals surface area (Å²) < 4.78 is 13.4. The van der Waals surface area contributed by atoms with Crippen LogP contribution in [0.25, 0.3) is 0 Å². The number of likely N-dealkylation sites (N-methyl/N-ethyl adjacent to an activating group) is 1. The van der Waals surface area contributed by atoms with Gasteiger partial charge in [-0.05, 0) is 24.4 Å². The first-order chi connectivity index (χ1) is 7.11. The molecule has 0 aliphatic carbocycles. The molecule has 0 aromatic heterocycles. The summed E-state index contributed by atoms with van der Waals surface area (Å²) in [5, 5.41) is 0.338. The summed E-state index contributed by atoms with van der Waals surface area (Å²) in [4.78, 5) is 14.4. The molecule has 1 aromatic rings. The first-order valence-electron chi connectivity index (χ1n) is 4.44. The van der Waals surface area contributed by atoms with E-state index < -0.39 is 5.82 Å². The molecule has 1 aliphatic rings. The van der Waals surface area contributed by atoms with E-state index in [4.69, 9.17) is 12.2 Å². The molecule has 1 saturated heterocycles. The lowest BCUT2D eigenvalue weighted by atomic mass is 10.3. The molecule has 1 heterocycles. The van der Waals surface area contributed by atoms with Crippen molar-refractivity contribution in [2.45, 2.75) is 0 Å². The maximum absolute atomic E-state index is 13.4. The standard InChI is InChI=1S/C10H9FN2OS/c1-12-6-9(14)13(10(12)15)8-5-3-2-4-7(8)11/h2-5H,6H2,1H3. The zero-order valence-electron chi connectivity index (χ0n) is 8.11. The van der Waals surface area contributed by atoms with Crippen LogP contribution in [0, 0.1) is 5.82 Å². The molecule has 0 radical (unpaired) electrons. The molecule has 1 aromatic carbocycles. The summed E-state index contributed by atoms with van der Waals surface area (Å²) in [6.45, 7) is 0.202. The molecular weight excluding hydrogens is 215 g/mol. The molecule has 0 saturated carbocycles. The van der Waals surface area contributed by atoms with E-state index in [0.29, 0.717) is 5.11 Å². The minimum absolute atomic E-state index is 0.201. The van der Waals surface area contributed by atoms with E-state index in [1.165, 1.54) is 11.0 Å². The summed E-state index contributed by atoms with van der Waals surface area (Å²) in [5.74, 6) is -0.642. The fourth-order valence-corrected chi connectivity index (χ4v) is 1.75. The lowest BCUT2D eigenvalue weighted by molar-refractivity contribution is -0.116. The molecule has 0 bridgehead atoms. The van der Waals surface area contributed by atoms with E-state index in [-0.39, 0.29) is 18.1 Å². The number of anilines is 1. The van der Waals surface area contributed by atoms with Crippen LogP contribution in [0.1, 0.15) is 0 Å². The van der Waals surface area contributed by atoms with E-state index in [1.54, 1.807) is 30.1 Å². The van der Waals surface area contributed by atoms with Gasteiger partial charge in [0.2, 0.25) is 0 Å². The van der Waals surface area contributed by atoms with Crippen molar-refractivity contribution >= 4 is 28.9 Å². The van der Waals surface area contributed by atoms with Crippen molar-refractivity contribution in [2.75, 3.05) is 18.5 Å². The van der Waals surface area contributed by atoms with Crippen LogP contribution in [0.3, 0.4) is 0 Å². The first kappa shape index (κ1) is 10.0. The maximum Gasteiger partial charge on any atom is 0.253 e. The van der Waals surface area contributed by atoms with Crippen molar-refractivity contribution in [3.63, 3.8) is 0 Å². The highest BCUT2D eigenvalue weighted by Gasteiger charge is 2.32. The molecule has 15 heavy (non-hydrogen) atoms. The fourth-order valence-electron chi connectivity index (χ4n) is 1.49. The predicted octanol–water partition coefficient (Wildman–Crippen LogP) is 1.39. The summed E-state index contributed by atoms with van der Waals surface area (Å²) in [5.41, 5.74) is 0.219. The Kier molecular flexibility index (Phi) is 2.40. The Morgan fingerprint density at radius 3 is 2.60 bits per heavy atom. The van der Waals surface area contributed by atoms with E-state index in [2.05, 4.69) is 0 Å². The summed E-state index contributed by atoms with van der Waals surface area (Å²) in [7, 11) is 1.71. The van der Waals surface area contributed by atoms with Crippen molar-refractivity contribution in [1.29, 1.82) is 0 Å². The highest BCUT2D eigenvalue weighted by molar-refractivity contribution is 7.80. The zero-order chi connectivity index (χ0) is 11.0. The lowest BCUT2D eigenvalue weighted by Gasteiger charge is -2.17. The van der Waals surface area contributed by atoms with Gasteiger partial charge in [-0.1, -0.05) is 12.1 Å². The van der Waals surface area contributed by atoms with Gasteiger partial charge in [0.25, 0.3) is 5.91 Å². The van der Waals surface area contributed by atoms with Crippen LogP contribution in [-0.4, -0.2) is 29.5 Å². The van der Waals surface area contributed by atoms with E-state index in [9.17, 15) is 9.18 Å². The molecule has 0 atom stereocenters. The molecule has 78 valence electrons. The second-order valence-electron chi connectivity index (χ2n) is 3.32. The van der Waals surface area contributed by atoms with Crippen molar-refractivity contribution < 1.29 is 9.18 Å². The number of rotatable bonds is 1. The molecule has 0 spiro atoms. The first-order valence-corrected chi connectivity index (χ1v) is 4.84. The zero-order valence-corrected chi connectivity index (χ0v) is 8.92. The van der Waals surface area contributed by atoms with Gasteiger partial charge in [-0.3, -0.25) is 9.69 Å². The predicted molar refractivity (Wildman–Crippen MR) is 59.1 cm³/mol. The number of thiocarbonyl (C=S) groups is 1. The molecule has 0 unspecified atom stereocenters. The number of carbonyl (C=O) groups is 1. The topological polar surface area (TPSA) is 23.6 Å². The third kappa shape index (κ3) is 1.59. The number of benzene rings is 1. The van der Waals surface area contributed by atoms with E-state index >= 15 is 0 Å². The number of halogens is 1. The number of nitrogens with zero attached hydrogens (tertiary/aromatic N) is 2. The molecule has 1 fully saturated rings. The van der Waals surface area contributed by atoms with Gasteiger partial charge < -0.3 is 4.90 Å². The quantitative estimate of drug-likeness (QED) is 0.673. The van der Waals surface area contributed by atoms with Crippen LogP contribution in [0.5, 0.6) is 0 Å². The largest absolute Gasteiger partial charge is 0.342 e. The Morgan fingerprint density at radius 2 is 2.07 bits per heavy atom. The SMILES string of the molecule is CN1CC(=O)N(c2ccccc2F)C1=S. The third-order valence-electron chi connectivity index (χ3n) is 2.23. The van der Waals surface area contributed by atoms with Gasteiger partial charge in [-0.2, -0.15) is 0 Å². The molecular formula is C10H9FN2OS. The van der Waals surface area contributed by atoms with Gasteiger partial charge in [0, 0.05) is 7.05 Å². The average Bonchev–Trinajstić information content (AvgIpc) is 2.43. The van der Waals surface area contributed by atoms with Crippen LogP contribution in [-0.2, 0) is 4.79 Å². The highest BCUT2D eigenvalue weighted by atomic mass is 32.1. The van der Waals surface area contributed by atoms with Crippen LogP contribution >= 0.6 is 12.2 Å². The Bertz CT molecular complexity index is 435. The molecule has 0 N–H and O–H groups in total. The summed E-state index contributed by atoms with van der Waals surface area (Å²) in [6, 6.07) is 6.10. The van der Waals surface area contributed by atoms with E-state index in [0.717, 1.165) is 0 Å². The van der Waals surface area contributed by atoms with Gasteiger partial charge >= 0.3 is 0 Å². The average molecular weight is 224 g/mol. The third-order valence-corrected chi connectivity index (χ3v) is 2.73. The molecule has 3 nitrogen and oxygen atoms in total. The minimum Gasteiger partial charge on any atom is -0.342 e. The van der Waals surface area contributed by atoms with Crippen LogP contribution in [0.15, 0.2) is 24.3 Å². The number of hydrogen-bond acceptors (Lipinski definition) is 2. The van der Waals surface area contributed by atoms with Crippen molar-refractivity contribution in [2.24, 2.45) is 0 Å². The smallest absolute Gasteiger partial charge is 0.253 e. The molecule has 5 heteroatoms. The van der Waals surface area contributed by atoms with Gasteiger partial charge in [-0.15, -0.1) is 0 Å². The molecule has 2 rings (SSSR count). The van der Waals surface area contributed by atoms with Crippen molar-refractivity contribution in [3.05, 3.63) is 30.1 Å². The number of carbonyl (C=O) groups excluding carboxylic acids is 1. The number of amides is 1. The number of hydrogen-bond donors (Lipinski definition) is 0. The Morgan fingerprint density at radius 1 is 1.40 bits per heavy atom. The second-order valence-corrected chi connectivity index (χ2v) is 3.68. The monoisotopic (exact) mass is 224 g/mol. The summed E-state index contributed by atoms with van der Waals surface area (Å²) >= 11 is 5.05. The maximum atomic E-state index is 13.4. The van der Waals surface area contributed by atoms with Crippen LogP contribution < -0.4 is 4.90 Å². The van der Waals surface area contributed by atoms with Crippen molar-refractivity contribution in [3.8, 4) is 0 Å². The fraction of sp³-hybridized carbons (Fsp3) is 0.200. The van der Waals surface area contributed by atoms with E-state index in [1.807, 2.05) is 0 Å². The Balaban J connectivity index is 2.44. The molecule has 1 aliphatic heterocycles.